The topological polar surface area (TPSA) is 50.1 Å². The highest BCUT2D eigenvalue weighted by atomic mass is 35.5. The molecule has 2 N–H and O–H groups in total. The van der Waals surface area contributed by atoms with Crippen LogP contribution in [0.1, 0.15) is 5.56 Å². The summed E-state index contributed by atoms with van der Waals surface area (Å²) in [5.41, 5.74) is 1.70. The number of aliphatic hydroxyl groups is 1. The average molecular weight is 321 g/mol. The fourth-order valence-corrected chi connectivity index (χ4v) is 2.19. The molecule has 102 valence electrons. The van der Waals surface area contributed by atoms with Crippen molar-refractivity contribution in [1.29, 1.82) is 0 Å². The molecule has 0 bridgehead atoms. The molecule has 1 heterocycles. The van der Waals surface area contributed by atoms with Crippen molar-refractivity contribution in [3.8, 4) is 0 Å². The monoisotopic (exact) mass is 319 g/mol. The van der Waals surface area contributed by atoms with Gasteiger partial charge >= 0.3 is 0 Å². The van der Waals surface area contributed by atoms with Crippen LogP contribution in [0, 0.1) is 0 Å². The molecule has 0 aliphatic heterocycles. The Morgan fingerprint density at radius 1 is 1.16 bits per heavy atom. The summed E-state index contributed by atoms with van der Waals surface area (Å²) in [6.07, 6.45) is 3.59. The first-order valence-corrected chi connectivity index (χ1v) is 6.74. The summed E-state index contributed by atoms with van der Waals surface area (Å²) >= 11 is 17.9. The Balaban J connectivity index is 2.03. The number of rotatable bonds is 5. The van der Waals surface area contributed by atoms with Crippen LogP contribution in [0.25, 0.3) is 0 Å². The number of aliphatic hydroxyl groups excluding tert-OH is 1. The SMILES string of the molecule is OCCn1cc(CNc2cc(Cl)c(Cl)cc2Cl)cn1. The second-order valence-corrected chi connectivity index (χ2v) is 5.16. The first-order valence-electron chi connectivity index (χ1n) is 5.60. The highest BCUT2D eigenvalue weighted by Gasteiger charge is 2.06. The second kappa shape index (κ2) is 6.48. The maximum atomic E-state index is 8.81. The Kier molecular flexibility index (Phi) is 4.93. The number of anilines is 1. The van der Waals surface area contributed by atoms with Crippen molar-refractivity contribution in [2.45, 2.75) is 13.1 Å². The van der Waals surface area contributed by atoms with E-state index in [1.807, 2.05) is 6.20 Å². The van der Waals surface area contributed by atoms with Gasteiger partial charge in [0.05, 0.1) is 40.1 Å². The fraction of sp³-hybridized carbons (Fsp3) is 0.250. The predicted molar refractivity (Wildman–Crippen MR) is 78.1 cm³/mol. The van der Waals surface area contributed by atoms with Gasteiger partial charge in [0.1, 0.15) is 0 Å². The normalized spacial score (nSPS) is 10.7. The van der Waals surface area contributed by atoms with Crippen molar-refractivity contribution in [2.75, 3.05) is 11.9 Å². The predicted octanol–water partition coefficient (Wildman–Crippen LogP) is 3.45. The molecule has 1 aromatic heterocycles. The van der Waals surface area contributed by atoms with Crippen LogP contribution in [0.15, 0.2) is 24.5 Å². The maximum Gasteiger partial charge on any atom is 0.0653 e. The van der Waals surface area contributed by atoms with Crippen molar-refractivity contribution >= 4 is 40.5 Å². The van der Waals surface area contributed by atoms with E-state index in [4.69, 9.17) is 39.9 Å². The van der Waals surface area contributed by atoms with Crippen LogP contribution in [0.4, 0.5) is 5.69 Å². The third-order valence-electron chi connectivity index (χ3n) is 2.51. The lowest BCUT2D eigenvalue weighted by atomic mass is 10.3. The Bertz CT molecular complexity index is 571. The maximum absolute atomic E-state index is 8.81. The minimum absolute atomic E-state index is 0.0627. The Morgan fingerprint density at radius 3 is 2.63 bits per heavy atom. The van der Waals surface area contributed by atoms with E-state index in [-0.39, 0.29) is 6.61 Å². The summed E-state index contributed by atoms with van der Waals surface area (Å²) < 4.78 is 1.67. The van der Waals surface area contributed by atoms with E-state index >= 15 is 0 Å². The molecule has 0 aliphatic rings. The van der Waals surface area contributed by atoms with Gasteiger partial charge in [-0.2, -0.15) is 5.10 Å². The molecule has 0 spiro atoms. The van der Waals surface area contributed by atoms with E-state index in [9.17, 15) is 0 Å². The van der Waals surface area contributed by atoms with Gasteiger partial charge in [-0.15, -0.1) is 0 Å². The van der Waals surface area contributed by atoms with Crippen LogP contribution < -0.4 is 5.32 Å². The number of nitrogens with zero attached hydrogens (tertiary/aromatic N) is 2. The van der Waals surface area contributed by atoms with Crippen molar-refractivity contribution in [1.82, 2.24) is 9.78 Å². The largest absolute Gasteiger partial charge is 0.394 e. The van der Waals surface area contributed by atoms with Gasteiger partial charge in [-0.25, -0.2) is 0 Å². The number of hydrogen-bond acceptors (Lipinski definition) is 3. The smallest absolute Gasteiger partial charge is 0.0653 e. The summed E-state index contributed by atoms with van der Waals surface area (Å²) in [7, 11) is 0. The van der Waals surface area contributed by atoms with Crippen LogP contribution >= 0.6 is 34.8 Å². The Hall–Kier alpha value is -0.940. The molecular formula is C12H12Cl3N3O. The van der Waals surface area contributed by atoms with Crippen molar-refractivity contribution in [3.63, 3.8) is 0 Å². The summed E-state index contributed by atoms with van der Waals surface area (Å²) in [6.45, 7) is 1.10. The molecule has 7 heteroatoms. The number of halogens is 3. The van der Waals surface area contributed by atoms with Gasteiger partial charge in [-0.05, 0) is 12.1 Å². The molecule has 0 unspecified atom stereocenters. The standard InChI is InChI=1S/C12H12Cl3N3O/c13-9-3-11(15)12(4-10(9)14)16-5-8-6-17-18(7-8)1-2-19/h3-4,6-7,16,19H,1-2,5H2. The van der Waals surface area contributed by atoms with Crippen LogP contribution in [-0.4, -0.2) is 21.5 Å². The first-order chi connectivity index (χ1) is 9.10. The van der Waals surface area contributed by atoms with E-state index in [0.29, 0.717) is 33.8 Å². The minimum atomic E-state index is 0.0627. The molecule has 0 atom stereocenters. The number of benzene rings is 1. The molecule has 2 aromatic rings. The van der Waals surface area contributed by atoms with Crippen molar-refractivity contribution in [3.05, 3.63) is 45.2 Å². The molecular weight excluding hydrogens is 309 g/mol. The van der Waals surface area contributed by atoms with Gasteiger partial charge in [-0.1, -0.05) is 34.8 Å². The van der Waals surface area contributed by atoms with Gasteiger partial charge in [0.25, 0.3) is 0 Å². The summed E-state index contributed by atoms with van der Waals surface area (Å²) in [6, 6.07) is 3.29. The van der Waals surface area contributed by atoms with E-state index in [2.05, 4.69) is 10.4 Å². The van der Waals surface area contributed by atoms with Gasteiger partial charge in [0, 0.05) is 18.3 Å². The van der Waals surface area contributed by atoms with Gasteiger partial charge in [0.15, 0.2) is 0 Å². The van der Waals surface area contributed by atoms with E-state index < -0.39 is 0 Å². The quantitative estimate of drug-likeness (QED) is 0.830. The zero-order valence-electron chi connectivity index (χ0n) is 9.91. The van der Waals surface area contributed by atoms with Gasteiger partial charge in [0.2, 0.25) is 0 Å². The van der Waals surface area contributed by atoms with Crippen molar-refractivity contribution in [2.24, 2.45) is 0 Å². The van der Waals surface area contributed by atoms with Crippen molar-refractivity contribution < 1.29 is 5.11 Å². The van der Waals surface area contributed by atoms with Crippen LogP contribution in [-0.2, 0) is 13.1 Å². The molecule has 1 aromatic carbocycles. The molecule has 4 nitrogen and oxygen atoms in total. The van der Waals surface area contributed by atoms with E-state index in [1.165, 1.54) is 0 Å². The highest BCUT2D eigenvalue weighted by Crippen LogP contribution is 2.32. The second-order valence-electron chi connectivity index (χ2n) is 3.93. The van der Waals surface area contributed by atoms with E-state index in [1.54, 1.807) is 23.0 Å². The van der Waals surface area contributed by atoms with Crippen LogP contribution in [0.5, 0.6) is 0 Å². The lowest BCUT2D eigenvalue weighted by Crippen LogP contribution is -2.02. The molecule has 0 aliphatic carbocycles. The summed E-state index contributed by atoms with van der Waals surface area (Å²) in [4.78, 5) is 0. The fourth-order valence-electron chi connectivity index (χ4n) is 1.58. The number of nitrogens with one attached hydrogen (secondary N) is 1. The van der Waals surface area contributed by atoms with Gasteiger partial charge in [-0.3, -0.25) is 4.68 Å². The first kappa shape index (κ1) is 14.5. The zero-order valence-corrected chi connectivity index (χ0v) is 12.2. The Labute approximate surface area is 125 Å². The molecule has 0 saturated heterocycles. The third-order valence-corrected chi connectivity index (χ3v) is 3.54. The average Bonchev–Trinajstić information content (AvgIpc) is 2.80. The third kappa shape index (κ3) is 3.76. The van der Waals surface area contributed by atoms with Gasteiger partial charge < -0.3 is 10.4 Å². The Morgan fingerprint density at radius 2 is 1.89 bits per heavy atom. The summed E-state index contributed by atoms with van der Waals surface area (Å²) in [5.74, 6) is 0. The summed E-state index contributed by atoms with van der Waals surface area (Å²) in [5, 5.41) is 17.5. The molecule has 0 amide bonds. The zero-order chi connectivity index (χ0) is 13.8. The van der Waals surface area contributed by atoms with Crippen LogP contribution in [0.2, 0.25) is 15.1 Å². The molecule has 0 saturated carbocycles. The van der Waals surface area contributed by atoms with Crippen LogP contribution in [0.3, 0.4) is 0 Å². The molecule has 19 heavy (non-hydrogen) atoms. The highest BCUT2D eigenvalue weighted by molar-refractivity contribution is 6.44. The lowest BCUT2D eigenvalue weighted by Gasteiger charge is -2.08. The number of aromatic nitrogens is 2. The molecule has 2 rings (SSSR count). The number of hydrogen-bond donors (Lipinski definition) is 2. The van der Waals surface area contributed by atoms with E-state index in [0.717, 1.165) is 5.56 Å². The minimum Gasteiger partial charge on any atom is -0.394 e. The lowest BCUT2D eigenvalue weighted by molar-refractivity contribution is 0.269. The molecule has 0 fully saturated rings. The molecule has 0 radical (unpaired) electrons.